The average Bonchev–Trinajstić information content (AvgIpc) is 2.46. The van der Waals surface area contributed by atoms with Crippen molar-refractivity contribution in [3.63, 3.8) is 0 Å². The average molecular weight is 290 g/mol. The molecule has 6 heteroatoms. The topological polar surface area (TPSA) is 77.8 Å². The smallest absolute Gasteiger partial charge is 0.427 e. The van der Waals surface area contributed by atoms with Crippen LogP contribution >= 0.6 is 0 Å². The van der Waals surface area contributed by atoms with E-state index in [4.69, 9.17) is 10.0 Å². The van der Waals surface area contributed by atoms with Gasteiger partial charge in [-0.05, 0) is 24.7 Å². The van der Waals surface area contributed by atoms with Crippen LogP contribution in [-0.4, -0.2) is 46.8 Å². The first kappa shape index (κ1) is 17.4. The number of unbranched alkanes of at least 4 members (excludes halogenated alkanes) is 1. The van der Waals surface area contributed by atoms with Gasteiger partial charge in [0, 0.05) is 13.5 Å². The lowest BCUT2D eigenvalue weighted by molar-refractivity contribution is -0.134. The monoisotopic (exact) mass is 290 g/mol. The van der Waals surface area contributed by atoms with E-state index in [1.54, 1.807) is 0 Å². The molecule has 1 radical (unpaired) electrons. The van der Waals surface area contributed by atoms with E-state index in [0.717, 1.165) is 11.8 Å². The Labute approximate surface area is 125 Å². The van der Waals surface area contributed by atoms with Crippen molar-refractivity contribution in [2.45, 2.75) is 32.2 Å². The van der Waals surface area contributed by atoms with Crippen molar-refractivity contribution in [3.05, 3.63) is 42.2 Å². The van der Waals surface area contributed by atoms with Crippen molar-refractivity contribution < 1.29 is 19.6 Å². The Bertz CT molecular complexity index is 439. The Hall–Kier alpha value is -1.66. The molecule has 0 bridgehead atoms. The number of carbonyl (C=O) groups is 2. The van der Waals surface area contributed by atoms with Gasteiger partial charge in [0.25, 0.3) is 0 Å². The summed E-state index contributed by atoms with van der Waals surface area (Å²) in [5.41, 5.74) is 0.998. The van der Waals surface area contributed by atoms with Gasteiger partial charge in [-0.3, -0.25) is 4.79 Å². The number of rotatable bonds is 9. The number of aldehydes is 1. The number of amides is 1. The molecule has 2 N–H and O–H groups in total. The molecule has 1 atom stereocenters. The highest BCUT2D eigenvalue weighted by Gasteiger charge is 2.20. The second-order valence-electron chi connectivity index (χ2n) is 4.90. The predicted molar refractivity (Wildman–Crippen MR) is 81.1 cm³/mol. The Morgan fingerprint density at radius 2 is 2.00 bits per heavy atom. The minimum Gasteiger partial charge on any atom is -0.427 e. The molecule has 0 aliphatic heterocycles. The minimum absolute atomic E-state index is 0.160. The number of benzene rings is 1. The first-order chi connectivity index (χ1) is 10.0. The summed E-state index contributed by atoms with van der Waals surface area (Å²) >= 11 is 0. The normalized spacial score (nSPS) is 11.8. The van der Waals surface area contributed by atoms with Gasteiger partial charge in [-0.1, -0.05) is 36.8 Å². The summed E-state index contributed by atoms with van der Waals surface area (Å²) in [6.07, 6.45) is 3.68. The summed E-state index contributed by atoms with van der Waals surface area (Å²) in [6, 6.07) is 9.04. The van der Waals surface area contributed by atoms with Crippen molar-refractivity contribution in [2.24, 2.45) is 0 Å². The first-order valence-electron chi connectivity index (χ1n) is 7.00. The third-order valence-electron chi connectivity index (χ3n) is 3.23. The van der Waals surface area contributed by atoms with Gasteiger partial charge in [0.05, 0.1) is 6.04 Å². The minimum atomic E-state index is -1.44. The molecule has 0 aliphatic rings. The van der Waals surface area contributed by atoms with E-state index in [2.05, 4.69) is 0 Å². The Balaban J connectivity index is 2.59. The second kappa shape index (κ2) is 9.31. The summed E-state index contributed by atoms with van der Waals surface area (Å²) in [5, 5.41) is 17.5. The SMILES string of the molecule is CC(=O)N(CCC[CH]B(O)O)[C@@H](C=O)Cc1ccccc1. The summed E-state index contributed by atoms with van der Waals surface area (Å²) in [4.78, 5) is 24.6. The van der Waals surface area contributed by atoms with Crippen LogP contribution in [0, 0.1) is 6.32 Å². The highest BCUT2D eigenvalue weighted by Crippen LogP contribution is 2.10. The van der Waals surface area contributed by atoms with Crippen LogP contribution in [0.15, 0.2) is 30.3 Å². The largest absolute Gasteiger partial charge is 0.454 e. The van der Waals surface area contributed by atoms with E-state index in [1.165, 1.54) is 18.1 Å². The van der Waals surface area contributed by atoms with Crippen LogP contribution in [0.4, 0.5) is 0 Å². The maximum atomic E-state index is 11.7. The molecule has 0 unspecified atom stereocenters. The molecular weight excluding hydrogens is 269 g/mol. The van der Waals surface area contributed by atoms with Gasteiger partial charge >= 0.3 is 7.12 Å². The number of hydrogen-bond acceptors (Lipinski definition) is 4. The van der Waals surface area contributed by atoms with Gasteiger partial charge in [0.15, 0.2) is 0 Å². The Morgan fingerprint density at radius 3 is 2.52 bits per heavy atom. The van der Waals surface area contributed by atoms with Gasteiger partial charge in [0.1, 0.15) is 6.29 Å². The zero-order chi connectivity index (χ0) is 15.7. The van der Waals surface area contributed by atoms with Gasteiger partial charge < -0.3 is 19.7 Å². The van der Waals surface area contributed by atoms with Gasteiger partial charge in [0.2, 0.25) is 5.91 Å². The summed E-state index contributed by atoms with van der Waals surface area (Å²) in [5.74, 6) is -0.160. The van der Waals surface area contributed by atoms with Crippen LogP contribution in [0.3, 0.4) is 0 Å². The van der Waals surface area contributed by atoms with E-state index in [-0.39, 0.29) is 5.91 Å². The quantitative estimate of drug-likeness (QED) is 0.397. The standard InChI is InChI=1S/C15H21BNO4/c1-13(19)17(10-6-5-9-16(20)21)15(12-18)11-14-7-3-2-4-8-14/h2-4,7-9,12,15,20-21H,5-6,10-11H2,1H3/t15-/m1/s1. The van der Waals surface area contributed by atoms with Crippen molar-refractivity contribution in [1.82, 2.24) is 4.90 Å². The van der Waals surface area contributed by atoms with Crippen LogP contribution in [0.5, 0.6) is 0 Å². The molecule has 113 valence electrons. The number of carbonyl (C=O) groups excluding carboxylic acids is 2. The summed E-state index contributed by atoms with van der Waals surface area (Å²) in [6.45, 7) is 1.85. The second-order valence-corrected chi connectivity index (χ2v) is 4.90. The van der Waals surface area contributed by atoms with Gasteiger partial charge in [-0.2, -0.15) is 0 Å². The molecule has 0 aromatic heterocycles. The van der Waals surface area contributed by atoms with E-state index in [9.17, 15) is 9.59 Å². The van der Waals surface area contributed by atoms with Crippen molar-refractivity contribution >= 4 is 19.3 Å². The maximum absolute atomic E-state index is 11.7. The van der Waals surface area contributed by atoms with Gasteiger partial charge in [-0.15, -0.1) is 0 Å². The molecule has 1 rings (SSSR count). The molecule has 0 saturated heterocycles. The lowest BCUT2D eigenvalue weighted by Crippen LogP contribution is -2.42. The number of hydrogen-bond donors (Lipinski definition) is 2. The van der Waals surface area contributed by atoms with Crippen LogP contribution in [-0.2, 0) is 16.0 Å². The zero-order valence-electron chi connectivity index (χ0n) is 12.2. The van der Waals surface area contributed by atoms with Crippen LogP contribution in [0.25, 0.3) is 0 Å². The fourth-order valence-electron chi connectivity index (χ4n) is 2.17. The third-order valence-corrected chi connectivity index (χ3v) is 3.23. The zero-order valence-corrected chi connectivity index (χ0v) is 12.2. The molecule has 1 aromatic carbocycles. The van der Waals surface area contributed by atoms with Crippen LogP contribution in [0.2, 0.25) is 0 Å². The van der Waals surface area contributed by atoms with E-state index in [1.807, 2.05) is 30.3 Å². The summed E-state index contributed by atoms with van der Waals surface area (Å²) in [7, 11) is -1.44. The molecule has 1 aromatic rings. The van der Waals surface area contributed by atoms with Crippen molar-refractivity contribution in [2.75, 3.05) is 6.54 Å². The molecule has 0 fully saturated rings. The van der Waals surface area contributed by atoms with Crippen LogP contribution in [0.1, 0.15) is 25.3 Å². The van der Waals surface area contributed by atoms with Gasteiger partial charge in [-0.25, -0.2) is 0 Å². The number of nitrogens with zero attached hydrogens (tertiary/aromatic N) is 1. The summed E-state index contributed by atoms with van der Waals surface area (Å²) < 4.78 is 0. The highest BCUT2D eigenvalue weighted by molar-refractivity contribution is 6.45. The van der Waals surface area contributed by atoms with Crippen molar-refractivity contribution in [1.29, 1.82) is 0 Å². The predicted octanol–water partition coefficient (Wildman–Crippen LogP) is 0.642. The lowest BCUT2D eigenvalue weighted by atomic mass is 9.84. The first-order valence-corrected chi connectivity index (χ1v) is 7.00. The van der Waals surface area contributed by atoms with Crippen molar-refractivity contribution in [3.8, 4) is 0 Å². The Morgan fingerprint density at radius 1 is 1.33 bits per heavy atom. The molecule has 0 saturated carbocycles. The molecule has 5 nitrogen and oxygen atoms in total. The maximum Gasteiger partial charge on any atom is 0.454 e. The molecule has 1 amide bonds. The Kier molecular flexibility index (Phi) is 7.71. The highest BCUT2D eigenvalue weighted by atomic mass is 16.4. The molecule has 0 heterocycles. The molecule has 0 aliphatic carbocycles. The van der Waals surface area contributed by atoms with E-state index in [0.29, 0.717) is 25.8 Å². The van der Waals surface area contributed by atoms with Crippen LogP contribution < -0.4 is 0 Å². The third kappa shape index (κ3) is 6.55. The molecule has 0 spiro atoms. The molecule has 21 heavy (non-hydrogen) atoms. The lowest BCUT2D eigenvalue weighted by Gasteiger charge is -2.27. The van der Waals surface area contributed by atoms with E-state index < -0.39 is 13.2 Å². The fraction of sp³-hybridized carbons (Fsp3) is 0.400. The van der Waals surface area contributed by atoms with E-state index >= 15 is 0 Å². The fourth-order valence-corrected chi connectivity index (χ4v) is 2.17. The molecular formula is C15H21BNO4.